The van der Waals surface area contributed by atoms with E-state index in [2.05, 4.69) is 54.1 Å². The molecule has 21 heavy (non-hydrogen) atoms. The molecular weight excluding hydrogens is 280 g/mol. The number of hydrogen-bond donors (Lipinski definition) is 1. The Hall–Kier alpha value is -1.77. The first-order valence-corrected chi connectivity index (χ1v) is 7.58. The topological polar surface area (TPSA) is 30.9 Å². The van der Waals surface area contributed by atoms with Crippen LogP contribution in [0.25, 0.3) is 10.9 Å². The van der Waals surface area contributed by atoms with Crippen LogP contribution < -0.4 is 5.73 Å². The van der Waals surface area contributed by atoms with Crippen LogP contribution in [-0.2, 0) is 13.0 Å². The van der Waals surface area contributed by atoms with Gasteiger partial charge in [0.1, 0.15) is 0 Å². The van der Waals surface area contributed by atoms with Crippen molar-refractivity contribution in [3.8, 4) is 0 Å². The van der Waals surface area contributed by atoms with Gasteiger partial charge in [-0.15, -0.1) is 0 Å². The van der Waals surface area contributed by atoms with Gasteiger partial charge in [0.15, 0.2) is 0 Å². The molecule has 0 bridgehead atoms. The molecule has 0 radical (unpaired) electrons. The van der Waals surface area contributed by atoms with Gasteiger partial charge in [-0.2, -0.15) is 0 Å². The number of rotatable bonds is 4. The van der Waals surface area contributed by atoms with Crippen molar-refractivity contribution in [2.24, 2.45) is 5.73 Å². The third kappa shape index (κ3) is 2.97. The van der Waals surface area contributed by atoms with E-state index < -0.39 is 0 Å². The van der Waals surface area contributed by atoms with Gasteiger partial charge < -0.3 is 10.3 Å². The molecule has 2 nitrogen and oxygen atoms in total. The summed E-state index contributed by atoms with van der Waals surface area (Å²) in [5.41, 5.74) is 10.5. The van der Waals surface area contributed by atoms with Gasteiger partial charge in [-0.05, 0) is 66.2 Å². The van der Waals surface area contributed by atoms with Crippen molar-refractivity contribution in [2.75, 3.05) is 6.54 Å². The molecule has 0 amide bonds. The van der Waals surface area contributed by atoms with Crippen LogP contribution in [0.15, 0.2) is 48.7 Å². The Kier molecular flexibility index (Phi) is 4.00. The molecule has 3 aromatic rings. The second kappa shape index (κ2) is 5.92. The molecule has 0 aliphatic carbocycles. The normalized spacial score (nSPS) is 11.2. The summed E-state index contributed by atoms with van der Waals surface area (Å²) in [7, 11) is 0. The van der Waals surface area contributed by atoms with Gasteiger partial charge in [0, 0.05) is 23.3 Å². The Morgan fingerprint density at radius 2 is 1.95 bits per heavy atom. The molecule has 0 unspecified atom stereocenters. The lowest BCUT2D eigenvalue weighted by atomic mass is 10.1. The van der Waals surface area contributed by atoms with E-state index in [9.17, 15) is 0 Å². The van der Waals surface area contributed by atoms with Gasteiger partial charge in [0.05, 0.1) is 0 Å². The summed E-state index contributed by atoms with van der Waals surface area (Å²) in [6.45, 7) is 3.53. The summed E-state index contributed by atoms with van der Waals surface area (Å²) in [4.78, 5) is 0. The first kappa shape index (κ1) is 14.2. The summed E-state index contributed by atoms with van der Waals surface area (Å²) in [5, 5.41) is 2.08. The van der Waals surface area contributed by atoms with E-state index in [4.69, 9.17) is 17.3 Å². The molecule has 108 valence electrons. The fourth-order valence-corrected chi connectivity index (χ4v) is 2.97. The van der Waals surface area contributed by atoms with E-state index in [0.29, 0.717) is 6.54 Å². The van der Waals surface area contributed by atoms with Crippen molar-refractivity contribution in [1.29, 1.82) is 0 Å². The molecule has 3 rings (SSSR count). The molecular formula is C18H19ClN2. The predicted molar refractivity (Wildman–Crippen MR) is 90.0 cm³/mol. The minimum Gasteiger partial charge on any atom is -0.343 e. The molecule has 0 saturated carbocycles. The number of nitrogens with zero attached hydrogens (tertiary/aromatic N) is 1. The number of aryl methyl sites for hydroxylation is 1. The lowest BCUT2D eigenvalue weighted by molar-refractivity contribution is 0.836. The molecule has 0 saturated heterocycles. The maximum Gasteiger partial charge on any atom is 0.0490 e. The SMILES string of the molecule is Cc1ccc(Cn2ccc3cc(CCN)ccc32)c(Cl)c1. The highest BCUT2D eigenvalue weighted by atomic mass is 35.5. The summed E-state index contributed by atoms with van der Waals surface area (Å²) in [5.74, 6) is 0. The average molecular weight is 299 g/mol. The molecule has 2 aromatic carbocycles. The summed E-state index contributed by atoms with van der Waals surface area (Å²) in [6.07, 6.45) is 3.04. The highest BCUT2D eigenvalue weighted by molar-refractivity contribution is 6.31. The molecule has 0 aliphatic heterocycles. The van der Waals surface area contributed by atoms with Crippen molar-refractivity contribution in [3.05, 3.63) is 70.4 Å². The highest BCUT2D eigenvalue weighted by Gasteiger charge is 2.06. The van der Waals surface area contributed by atoms with Crippen molar-refractivity contribution in [3.63, 3.8) is 0 Å². The van der Waals surface area contributed by atoms with Crippen LogP contribution in [0.3, 0.4) is 0 Å². The average Bonchev–Trinajstić information content (AvgIpc) is 2.85. The van der Waals surface area contributed by atoms with Gasteiger partial charge in [0.2, 0.25) is 0 Å². The number of hydrogen-bond acceptors (Lipinski definition) is 1. The second-order valence-corrected chi connectivity index (χ2v) is 5.88. The number of aromatic nitrogens is 1. The van der Waals surface area contributed by atoms with Crippen LogP contribution in [0.2, 0.25) is 5.02 Å². The quantitative estimate of drug-likeness (QED) is 0.770. The fraction of sp³-hybridized carbons (Fsp3) is 0.222. The molecule has 2 N–H and O–H groups in total. The molecule has 0 atom stereocenters. The minimum atomic E-state index is 0.686. The van der Waals surface area contributed by atoms with Gasteiger partial charge in [0.25, 0.3) is 0 Å². The Balaban J connectivity index is 1.94. The molecule has 0 spiro atoms. The number of benzene rings is 2. The van der Waals surface area contributed by atoms with Gasteiger partial charge >= 0.3 is 0 Å². The van der Waals surface area contributed by atoms with Crippen LogP contribution >= 0.6 is 11.6 Å². The summed E-state index contributed by atoms with van der Waals surface area (Å²) in [6, 6.07) is 14.9. The first-order valence-electron chi connectivity index (χ1n) is 7.20. The van der Waals surface area contributed by atoms with Crippen LogP contribution in [0.1, 0.15) is 16.7 Å². The van der Waals surface area contributed by atoms with Crippen molar-refractivity contribution in [2.45, 2.75) is 19.9 Å². The fourth-order valence-electron chi connectivity index (χ4n) is 2.67. The second-order valence-electron chi connectivity index (χ2n) is 5.47. The zero-order valence-electron chi connectivity index (χ0n) is 12.1. The van der Waals surface area contributed by atoms with Crippen molar-refractivity contribution < 1.29 is 0 Å². The maximum atomic E-state index is 6.34. The third-order valence-electron chi connectivity index (χ3n) is 3.82. The standard InChI is InChI=1S/C18H19ClN2/c1-13-2-4-16(17(19)10-13)12-21-9-7-15-11-14(6-8-20)3-5-18(15)21/h2-5,7,9-11H,6,8,12,20H2,1H3. The number of fused-ring (bicyclic) bond motifs is 1. The van der Waals surface area contributed by atoms with Gasteiger partial charge in [-0.1, -0.05) is 29.8 Å². The number of nitrogens with two attached hydrogens (primary N) is 1. The number of halogens is 1. The lowest BCUT2D eigenvalue weighted by Crippen LogP contribution is -2.02. The Morgan fingerprint density at radius 1 is 1.10 bits per heavy atom. The van der Waals surface area contributed by atoms with E-state index in [-0.39, 0.29) is 0 Å². The largest absolute Gasteiger partial charge is 0.343 e. The Morgan fingerprint density at radius 3 is 2.71 bits per heavy atom. The zero-order chi connectivity index (χ0) is 14.8. The van der Waals surface area contributed by atoms with E-state index in [1.807, 2.05) is 6.07 Å². The third-order valence-corrected chi connectivity index (χ3v) is 4.17. The Labute approximate surface area is 130 Å². The Bertz CT molecular complexity index is 774. The van der Waals surface area contributed by atoms with Crippen LogP contribution in [0, 0.1) is 6.92 Å². The van der Waals surface area contributed by atoms with Crippen LogP contribution in [-0.4, -0.2) is 11.1 Å². The summed E-state index contributed by atoms with van der Waals surface area (Å²) >= 11 is 6.34. The molecule has 1 aromatic heterocycles. The van der Waals surface area contributed by atoms with Gasteiger partial charge in [-0.25, -0.2) is 0 Å². The monoisotopic (exact) mass is 298 g/mol. The minimum absolute atomic E-state index is 0.686. The van der Waals surface area contributed by atoms with E-state index >= 15 is 0 Å². The molecule has 1 heterocycles. The van der Waals surface area contributed by atoms with Gasteiger partial charge in [-0.3, -0.25) is 0 Å². The van der Waals surface area contributed by atoms with Crippen LogP contribution in [0.5, 0.6) is 0 Å². The van der Waals surface area contributed by atoms with Crippen molar-refractivity contribution >= 4 is 22.5 Å². The first-order chi connectivity index (χ1) is 10.2. The maximum absolute atomic E-state index is 6.34. The van der Waals surface area contributed by atoms with E-state index in [1.54, 1.807) is 0 Å². The predicted octanol–water partition coefficient (Wildman–Crippen LogP) is 4.15. The van der Waals surface area contributed by atoms with Crippen molar-refractivity contribution in [1.82, 2.24) is 4.57 Å². The lowest BCUT2D eigenvalue weighted by Gasteiger charge is -2.09. The smallest absolute Gasteiger partial charge is 0.0490 e. The summed E-state index contributed by atoms with van der Waals surface area (Å²) < 4.78 is 2.23. The molecule has 0 fully saturated rings. The van der Waals surface area contributed by atoms with E-state index in [1.165, 1.54) is 22.0 Å². The highest BCUT2D eigenvalue weighted by Crippen LogP contribution is 2.23. The molecule has 0 aliphatic rings. The zero-order valence-corrected chi connectivity index (χ0v) is 12.9. The van der Waals surface area contributed by atoms with Crippen LogP contribution in [0.4, 0.5) is 0 Å². The van der Waals surface area contributed by atoms with E-state index in [0.717, 1.165) is 23.6 Å². The molecule has 3 heteroatoms.